The summed E-state index contributed by atoms with van der Waals surface area (Å²) in [7, 11) is 0. The summed E-state index contributed by atoms with van der Waals surface area (Å²) in [5.41, 5.74) is -4.97. The molecule has 49 heavy (non-hydrogen) atoms. The highest BCUT2D eigenvalue weighted by Crippen LogP contribution is 2.66. The molecule has 4 atom stereocenters. The topological polar surface area (TPSA) is 144 Å². The lowest BCUT2D eigenvalue weighted by atomic mass is 9.51. The van der Waals surface area contributed by atoms with Crippen LogP contribution in [0.3, 0.4) is 0 Å². The summed E-state index contributed by atoms with van der Waals surface area (Å²) in [6.45, 7) is 22.5. The maximum Gasteiger partial charge on any atom is 0.230 e. The summed E-state index contributed by atoms with van der Waals surface area (Å²) < 4.78 is 13.3. The molecule has 2 heterocycles. The van der Waals surface area contributed by atoms with Crippen LogP contribution in [0.2, 0.25) is 0 Å². The van der Waals surface area contributed by atoms with Gasteiger partial charge < -0.3 is 19.7 Å². The second kappa shape index (κ2) is 11.3. The van der Waals surface area contributed by atoms with E-state index < -0.39 is 74.1 Å². The molecule has 9 heteroatoms. The van der Waals surface area contributed by atoms with Crippen LogP contribution in [-0.2, 0) is 19.2 Å². The molecular formula is C40H54O9. The minimum absolute atomic E-state index is 0.0765. The van der Waals surface area contributed by atoms with E-state index in [-0.39, 0.29) is 58.0 Å². The number of ketones is 5. The standard InChI is InChI=1S/C40H54O9/c1-14-15-16-17-20(41)23-28(42)24-21(18(2)3)26-31(43)36(6,7)34(45)38(10,11)33(26)48-29(24)25-22(19(4)5)27-32(44)37(8,9)35(46)39(12,13)40(27,47)49-30(23)25/h18-19,21-22,27,42,47H,14-17H2,1-13H3/t21-,22-,27-,40+/m1/s1. The molecule has 9 nitrogen and oxygen atoms in total. The monoisotopic (exact) mass is 678 g/mol. The number of allylic oxidation sites excluding steroid dienone is 2. The molecule has 2 aliphatic carbocycles. The van der Waals surface area contributed by atoms with Crippen LogP contribution in [0.4, 0.5) is 0 Å². The van der Waals surface area contributed by atoms with Crippen molar-refractivity contribution in [1.82, 2.24) is 0 Å². The molecule has 0 unspecified atom stereocenters. The first kappa shape index (κ1) is 36.9. The number of hydrogen-bond acceptors (Lipinski definition) is 9. The fourth-order valence-electron chi connectivity index (χ4n) is 9.25. The van der Waals surface area contributed by atoms with Crippen LogP contribution >= 0.6 is 0 Å². The summed E-state index contributed by atoms with van der Waals surface area (Å²) in [5.74, 6) is -8.26. The van der Waals surface area contributed by atoms with Gasteiger partial charge in [-0.15, -0.1) is 0 Å². The van der Waals surface area contributed by atoms with Gasteiger partial charge in [0.15, 0.2) is 28.9 Å². The number of aliphatic hydroxyl groups is 1. The molecule has 0 spiro atoms. The number of Topliss-reactive ketones (excluding diaryl/α,β-unsaturated/α-hetero) is 5. The van der Waals surface area contributed by atoms with Gasteiger partial charge in [0.25, 0.3) is 0 Å². The Kier molecular flexibility index (Phi) is 8.55. The lowest BCUT2D eigenvalue weighted by molar-refractivity contribution is -0.264. The summed E-state index contributed by atoms with van der Waals surface area (Å²) in [6.07, 6.45) is 2.25. The van der Waals surface area contributed by atoms with Crippen LogP contribution in [0, 0.1) is 39.4 Å². The van der Waals surface area contributed by atoms with Gasteiger partial charge in [-0.05, 0) is 73.6 Å². The van der Waals surface area contributed by atoms with Crippen molar-refractivity contribution in [2.45, 2.75) is 133 Å². The van der Waals surface area contributed by atoms with Crippen LogP contribution in [0.15, 0.2) is 11.3 Å². The van der Waals surface area contributed by atoms with Gasteiger partial charge in [0.05, 0.1) is 27.6 Å². The molecule has 268 valence electrons. The molecule has 2 N–H and O–H groups in total. The number of hydrogen-bond donors (Lipinski definition) is 2. The van der Waals surface area contributed by atoms with Crippen LogP contribution < -0.4 is 9.47 Å². The second-order valence-electron chi connectivity index (χ2n) is 17.6. The number of fused-ring (bicyclic) bond motifs is 4. The van der Waals surface area contributed by atoms with E-state index in [4.69, 9.17) is 9.47 Å². The Hall–Kier alpha value is -3.33. The van der Waals surface area contributed by atoms with E-state index >= 15 is 0 Å². The molecule has 1 aromatic rings. The number of carbonyl (C=O) groups is 5. The fraction of sp³-hybridized carbons (Fsp3) is 0.675. The van der Waals surface area contributed by atoms with Crippen molar-refractivity contribution >= 4 is 28.9 Å². The maximum absolute atomic E-state index is 14.5. The summed E-state index contributed by atoms with van der Waals surface area (Å²) in [4.78, 5) is 70.9. The summed E-state index contributed by atoms with van der Waals surface area (Å²) in [5, 5.41) is 25.0. The van der Waals surface area contributed by atoms with Gasteiger partial charge in [-0.2, -0.15) is 0 Å². The highest BCUT2D eigenvalue weighted by molar-refractivity contribution is 6.20. The number of phenols is 1. The zero-order valence-corrected chi connectivity index (χ0v) is 31.5. The second-order valence-corrected chi connectivity index (χ2v) is 17.6. The molecule has 0 bridgehead atoms. The van der Waals surface area contributed by atoms with Crippen molar-refractivity contribution < 1.29 is 43.7 Å². The third-order valence-electron chi connectivity index (χ3n) is 12.0. The van der Waals surface area contributed by atoms with E-state index in [1.807, 2.05) is 34.6 Å². The summed E-state index contributed by atoms with van der Waals surface area (Å²) >= 11 is 0. The normalized spacial score (nSPS) is 29.2. The number of carbonyl (C=O) groups excluding carboxylic acids is 5. The first-order valence-corrected chi connectivity index (χ1v) is 17.8. The van der Waals surface area contributed by atoms with Gasteiger partial charge in [0.1, 0.15) is 28.6 Å². The van der Waals surface area contributed by atoms with Gasteiger partial charge in [-0.25, -0.2) is 0 Å². The van der Waals surface area contributed by atoms with Crippen molar-refractivity contribution in [2.24, 2.45) is 39.4 Å². The zero-order chi connectivity index (χ0) is 37.1. The highest BCUT2D eigenvalue weighted by Gasteiger charge is 2.72. The largest absolute Gasteiger partial charge is 0.507 e. The van der Waals surface area contributed by atoms with Crippen molar-refractivity contribution in [2.75, 3.05) is 0 Å². The fourth-order valence-corrected chi connectivity index (χ4v) is 9.25. The quantitative estimate of drug-likeness (QED) is 0.171. The molecular weight excluding hydrogens is 624 g/mol. The maximum atomic E-state index is 14.5. The number of rotatable bonds is 7. The van der Waals surface area contributed by atoms with Gasteiger partial charge in [0, 0.05) is 35.0 Å². The van der Waals surface area contributed by atoms with E-state index in [9.17, 15) is 34.2 Å². The number of aromatic hydroxyl groups is 1. The smallest absolute Gasteiger partial charge is 0.230 e. The predicted octanol–water partition coefficient (Wildman–Crippen LogP) is 7.39. The summed E-state index contributed by atoms with van der Waals surface area (Å²) in [6, 6.07) is 0. The Morgan fingerprint density at radius 2 is 1.39 bits per heavy atom. The van der Waals surface area contributed by atoms with Crippen molar-refractivity contribution in [3.63, 3.8) is 0 Å². The Labute approximate surface area is 290 Å². The molecule has 4 aliphatic rings. The molecule has 1 aromatic carbocycles. The van der Waals surface area contributed by atoms with Crippen LogP contribution in [0.1, 0.15) is 149 Å². The number of phenolic OH excluding ortho intramolecular Hbond substituents is 1. The molecule has 0 radical (unpaired) electrons. The lowest BCUT2D eigenvalue weighted by Crippen LogP contribution is -2.72. The number of unbranched alkanes of at least 4 members (excludes halogenated alkanes) is 2. The molecule has 2 aliphatic heterocycles. The number of ether oxygens (including phenoxy) is 2. The van der Waals surface area contributed by atoms with Gasteiger partial charge in [-0.3, -0.25) is 24.0 Å². The Balaban J connectivity index is 1.96. The third kappa shape index (κ3) is 4.69. The Bertz CT molecular complexity index is 1720. The van der Waals surface area contributed by atoms with E-state index in [0.717, 1.165) is 12.8 Å². The molecule has 1 fully saturated rings. The van der Waals surface area contributed by atoms with Crippen LogP contribution in [0.25, 0.3) is 0 Å². The minimum atomic E-state index is -2.37. The van der Waals surface area contributed by atoms with E-state index in [0.29, 0.717) is 12.0 Å². The molecule has 0 aromatic heterocycles. The predicted molar refractivity (Wildman–Crippen MR) is 184 cm³/mol. The molecule has 0 saturated heterocycles. The van der Waals surface area contributed by atoms with Crippen LogP contribution in [0.5, 0.6) is 17.2 Å². The highest BCUT2D eigenvalue weighted by atomic mass is 16.6. The van der Waals surface area contributed by atoms with Crippen molar-refractivity contribution in [3.05, 3.63) is 28.0 Å². The first-order valence-electron chi connectivity index (χ1n) is 17.8. The minimum Gasteiger partial charge on any atom is -0.507 e. The molecule has 1 saturated carbocycles. The third-order valence-corrected chi connectivity index (χ3v) is 12.0. The van der Waals surface area contributed by atoms with Crippen LogP contribution in [-0.4, -0.2) is 44.9 Å². The Morgan fingerprint density at radius 1 is 0.796 bits per heavy atom. The van der Waals surface area contributed by atoms with Crippen molar-refractivity contribution in [1.29, 1.82) is 0 Å². The van der Waals surface area contributed by atoms with Gasteiger partial charge >= 0.3 is 0 Å². The van der Waals surface area contributed by atoms with Gasteiger partial charge in [-0.1, -0.05) is 47.5 Å². The number of benzene rings is 1. The van der Waals surface area contributed by atoms with E-state index in [1.54, 1.807) is 55.4 Å². The first-order chi connectivity index (χ1) is 22.4. The molecule has 0 amide bonds. The zero-order valence-electron chi connectivity index (χ0n) is 31.5. The molecule has 5 rings (SSSR count). The SMILES string of the molecule is CCCCCC(=O)c1c(O)c2c(c3c1O[C@@]1(O)[C@@H](C(=O)C(C)(C)C(=O)C1(C)C)[C@@H]3C(C)C)OC1=C(C(=O)C(C)(C)C(=O)C1(C)C)[C@@H]2C(C)C. The average molecular weight is 679 g/mol. The van der Waals surface area contributed by atoms with Crippen molar-refractivity contribution in [3.8, 4) is 17.2 Å². The average Bonchev–Trinajstić information content (AvgIpc) is 3.00. The van der Waals surface area contributed by atoms with Gasteiger partial charge in [0.2, 0.25) is 5.79 Å². The lowest BCUT2D eigenvalue weighted by Gasteiger charge is -2.58. The van der Waals surface area contributed by atoms with E-state index in [1.165, 1.54) is 0 Å². The Morgan fingerprint density at radius 3 is 1.92 bits per heavy atom. The van der Waals surface area contributed by atoms with E-state index in [2.05, 4.69) is 0 Å².